The summed E-state index contributed by atoms with van der Waals surface area (Å²) in [4.78, 5) is 4.25. The number of aryl methyl sites for hydroxylation is 1. The van der Waals surface area contributed by atoms with Gasteiger partial charge in [-0.25, -0.2) is 4.98 Å². The summed E-state index contributed by atoms with van der Waals surface area (Å²) in [7, 11) is 0. The van der Waals surface area contributed by atoms with E-state index in [1.54, 1.807) is 0 Å². The Balaban J connectivity index is 1.86. The van der Waals surface area contributed by atoms with Gasteiger partial charge in [0, 0.05) is 31.4 Å². The molecular weight excluding hydrogens is 198 g/mol. The standard InChI is InChI=1S/C13H15N3/c1-10-2-4-11(5-3-10)12-8-15-13-14-6-7-16(13)9-12/h2-7,12H,8-9H2,1H3,(H,14,15). The number of fused-ring (bicyclic) bond motifs is 1. The van der Waals surface area contributed by atoms with E-state index in [1.807, 2.05) is 12.4 Å². The first-order valence-corrected chi connectivity index (χ1v) is 5.64. The van der Waals surface area contributed by atoms with E-state index in [4.69, 9.17) is 0 Å². The first-order valence-electron chi connectivity index (χ1n) is 5.64. The van der Waals surface area contributed by atoms with Gasteiger partial charge in [-0.05, 0) is 12.5 Å². The molecule has 16 heavy (non-hydrogen) atoms. The van der Waals surface area contributed by atoms with Crippen LogP contribution in [0.15, 0.2) is 36.7 Å². The zero-order valence-electron chi connectivity index (χ0n) is 9.35. The Kier molecular flexibility index (Phi) is 2.17. The highest BCUT2D eigenvalue weighted by Crippen LogP contribution is 2.24. The van der Waals surface area contributed by atoms with Crippen molar-refractivity contribution in [1.82, 2.24) is 9.55 Å². The Morgan fingerprint density at radius 1 is 1.31 bits per heavy atom. The summed E-state index contributed by atoms with van der Waals surface area (Å²) >= 11 is 0. The van der Waals surface area contributed by atoms with Crippen LogP contribution < -0.4 is 5.32 Å². The second-order valence-corrected chi connectivity index (χ2v) is 4.39. The molecule has 82 valence electrons. The molecule has 1 unspecified atom stereocenters. The van der Waals surface area contributed by atoms with Gasteiger partial charge in [0.1, 0.15) is 0 Å². The van der Waals surface area contributed by atoms with E-state index in [2.05, 4.69) is 46.1 Å². The van der Waals surface area contributed by atoms with Crippen LogP contribution in [0.4, 0.5) is 5.95 Å². The molecule has 0 bridgehead atoms. The highest BCUT2D eigenvalue weighted by Gasteiger charge is 2.19. The van der Waals surface area contributed by atoms with E-state index in [0.29, 0.717) is 5.92 Å². The second-order valence-electron chi connectivity index (χ2n) is 4.39. The maximum absolute atomic E-state index is 4.25. The third-order valence-corrected chi connectivity index (χ3v) is 3.19. The Labute approximate surface area is 95.1 Å². The van der Waals surface area contributed by atoms with Gasteiger partial charge in [-0.15, -0.1) is 0 Å². The molecule has 0 saturated carbocycles. The summed E-state index contributed by atoms with van der Waals surface area (Å²) < 4.78 is 2.17. The average Bonchev–Trinajstić information content (AvgIpc) is 2.77. The van der Waals surface area contributed by atoms with E-state index in [1.165, 1.54) is 11.1 Å². The lowest BCUT2D eigenvalue weighted by Crippen LogP contribution is -2.25. The first kappa shape index (κ1) is 9.46. The van der Waals surface area contributed by atoms with E-state index >= 15 is 0 Å². The molecule has 0 fully saturated rings. The highest BCUT2D eigenvalue weighted by molar-refractivity contribution is 5.33. The molecule has 0 spiro atoms. The predicted molar refractivity (Wildman–Crippen MR) is 64.6 cm³/mol. The molecule has 3 nitrogen and oxygen atoms in total. The van der Waals surface area contributed by atoms with Crippen LogP contribution in [0.2, 0.25) is 0 Å². The van der Waals surface area contributed by atoms with Gasteiger partial charge in [0.15, 0.2) is 0 Å². The topological polar surface area (TPSA) is 29.9 Å². The lowest BCUT2D eigenvalue weighted by Gasteiger charge is -2.25. The third-order valence-electron chi connectivity index (χ3n) is 3.19. The van der Waals surface area contributed by atoms with Crippen molar-refractivity contribution in [3.8, 4) is 0 Å². The van der Waals surface area contributed by atoms with E-state index in [9.17, 15) is 0 Å². The van der Waals surface area contributed by atoms with Gasteiger partial charge in [0.2, 0.25) is 5.95 Å². The number of hydrogen-bond acceptors (Lipinski definition) is 2. The predicted octanol–water partition coefficient (Wildman–Crippen LogP) is 2.40. The van der Waals surface area contributed by atoms with Gasteiger partial charge in [-0.1, -0.05) is 29.8 Å². The van der Waals surface area contributed by atoms with Crippen molar-refractivity contribution in [2.24, 2.45) is 0 Å². The normalized spacial score (nSPS) is 18.9. The maximum atomic E-state index is 4.25. The number of imidazole rings is 1. The molecule has 2 heterocycles. The van der Waals surface area contributed by atoms with Gasteiger partial charge in [-0.3, -0.25) is 0 Å². The number of aromatic nitrogens is 2. The lowest BCUT2D eigenvalue weighted by atomic mass is 9.97. The van der Waals surface area contributed by atoms with Gasteiger partial charge < -0.3 is 9.88 Å². The van der Waals surface area contributed by atoms with Crippen molar-refractivity contribution < 1.29 is 0 Å². The molecule has 0 saturated heterocycles. The van der Waals surface area contributed by atoms with Gasteiger partial charge in [0.25, 0.3) is 0 Å². The average molecular weight is 213 g/mol. The van der Waals surface area contributed by atoms with Crippen molar-refractivity contribution in [2.75, 3.05) is 11.9 Å². The molecule has 3 rings (SSSR count). The number of hydrogen-bond donors (Lipinski definition) is 1. The van der Waals surface area contributed by atoms with Crippen LogP contribution in [0.1, 0.15) is 17.0 Å². The lowest BCUT2D eigenvalue weighted by molar-refractivity contribution is 0.548. The molecule has 1 aromatic carbocycles. The summed E-state index contributed by atoms with van der Waals surface area (Å²) in [6.45, 7) is 4.11. The molecule has 1 N–H and O–H groups in total. The van der Waals surface area contributed by atoms with E-state index in [0.717, 1.165) is 19.0 Å². The molecule has 1 aliphatic rings. The van der Waals surface area contributed by atoms with Crippen molar-refractivity contribution in [3.63, 3.8) is 0 Å². The second kappa shape index (κ2) is 3.67. The summed E-state index contributed by atoms with van der Waals surface area (Å²) in [6.07, 6.45) is 3.88. The van der Waals surface area contributed by atoms with Crippen molar-refractivity contribution in [3.05, 3.63) is 47.8 Å². The fraction of sp³-hybridized carbons (Fsp3) is 0.308. The Morgan fingerprint density at radius 3 is 2.94 bits per heavy atom. The number of nitrogens with one attached hydrogen (secondary N) is 1. The van der Waals surface area contributed by atoms with Crippen LogP contribution >= 0.6 is 0 Å². The minimum atomic E-state index is 0.544. The number of benzene rings is 1. The van der Waals surface area contributed by atoms with Crippen LogP contribution in [-0.4, -0.2) is 16.1 Å². The molecule has 0 amide bonds. The monoisotopic (exact) mass is 213 g/mol. The van der Waals surface area contributed by atoms with Gasteiger partial charge in [0.05, 0.1) is 0 Å². The van der Waals surface area contributed by atoms with E-state index < -0.39 is 0 Å². The fourth-order valence-corrected chi connectivity index (χ4v) is 2.20. The Bertz CT molecular complexity index is 484. The first-order chi connectivity index (χ1) is 7.83. The maximum Gasteiger partial charge on any atom is 0.202 e. The van der Waals surface area contributed by atoms with Crippen LogP contribution in [0.25, 0.3) is 0 Å². The largest absolute Gasteiger partial charge is 0.355 e. The van der Waals surface area contributed by atoms with Crippen LogP contribution in [0.3, 0.4) is 0 Å². The summed E-state index contributed by atoms with van der Waals surface area (Å²) in [6, 6.07) is 8.81. The zero-order valence-corrected chi connectivity index (χ0v) is 9.35. The number of anilines is 1. The third kappa shape index (κ3) is 1.58. The highest BCUT2D eigenvalue weighted by atomic mass is 15.2. The van der Waals surface area contributed by atoms with Crippen molar-refractivity contribution >= 4 is 5.95 Å². The van der Waals surface area contributed by atoms with Gasteiger partial charge in [-0.2, -0.15) is 0 Å². The molecule has 2 aromatic rings. The summed E-state index contributed by atoms with van der Waals surface area (Å²) in [5.74, 6) is 1.53. The van der Waals surface area contributed by atoms with E-state index in [-0.39, 0.29) is 0 Å². The minimum absolute atomic E-state index is 0.544. The summed E-state index contributed by atoms with van der Waals surface area (Å²) in [5.41, 5.74) is 2.72. The molecule has 1 aliphatic heterocycles. The van der Waals surface area contributed by atoms with Crippen LogP contribution in [0, 0.1) is 6.92 Å². The minimum Gasteiger partial charge on any atom is -0.355 e. The van der Waals surface area contributed by atoms with Crippen molar-refractivity contribution in [2.45, 2.75) is 19.4 Å². The van der Waals surface area contributed by atoms with Gasteiger partial charge >= 0.3 is 0 Å². The molecule has 1 atom stereocenters. The zero-order chi connectivity index (χ0) is 11.0. The fourth-order valence-electron chi connectivity index (χ4n) is 2.20. The van der Waals surface area contributed by atoms with Crippen molar-refractivity contribution in [1.29, 1.82) is 0 Å². The van der Waals surface area contributed by atoms with Crippen LogP contribution in [-0.2, 0) is 6.54 Å². The Morgan fingerprint density at radius 2 is 2.12 bits per heavy atom. The molecular formula is C13H15N3. The SMILES string of the molecule is Cc1ccc(C2CNc3nccn3C2)cc1. The Hall–Kier alpha value is -1.77. The smallest absolute Gasteiger partial charge is 0.202 e. The quantitative estimate of drug-likeness (QED) is 0.788. The molecule has 0 radical (unpaired) electrons. The number of rotatable bonds is 1. The van der Waals surface area contributed by atoms with Crippen LogP contribution in [0.5, 0.6) is 0 Å². The molecule has 3 heteroatoms. The number of nitrogens with zero attached hydrogens (tertiary/aromatic N) is 2. The molecule has 0 aliphatic carbocycles. The molecule has 1 aromatic heterocycles. The summed E-state index contributed by atoms with van der Waals surface area (Å²) in [5, 5.41) is 3.36.